The fourth-order valence-corrected chi connectivity index (χ4v) is 2.74. The van der Waals surface area contributed by atoms with Gasteiger partial charge in [0, 0.05) is 22.5 Å². The average Bonchev–Trinajstić information content (AvgIpc) is 3.00. The largest absolute Gasteiger partial charge is 0.338 e. The normalized spacial score (nSPS) is 10.6. The van der Waals surface area contributed by atoms with Crippen molar-refractivity contribution >= 4 is 40.7 Å². The number of thioether (sulfide) groups is 1. The summed E-state index contributed by atoms with van der Waals surface area (Å²) in [5.74, 6) is 0.375. The smallest absolute Gasteiger partial charge is 0.183 e. The topological polar surface area (TPSA) is 59.8 Å². The van der Waals surface area contributed by atoms with Crippen LogP contribution in [0.2, 0.25) is 5.02 Å². The van der Waals surface area contributed by atoms with Gasteiger partial charge in [-0.3, -0.25) is 4.79 Å². The van der Waals surface area contributed by atoms with Crippen LogP contribution in [0.4, 0.5) is 11.5 Å². The van der Waals surface area contributed by atoms with Gasteiger partial charge in [-0.2, -0.15) is 4.68 Å². The molecular weight excluding hydrogens is 344 g/mol. The summed E-state index contributed by atoms with van der Waals surface area (Å²) in [6, 6.07) is 15.1. The van der Waals surface area contributed by atoms with Gasteiger partial charge in [-0.1, -0.05) is 16.8 Å². The van der Waals surface area contributed by atoms with Crippen LogP contribution in [-0.2, 0) is 0 Å². The summed E-state index contributed by atoms with van der Waals surface area (Å²) in [5.41, 5.74) is 1.91. The zero-order valence-electron chi connectivity index (χ0n) is 13.2. The number of aromatic nitrogens is 3. The molecule has 2 aromatic carbocycles. The molecule has 24 heavy (non-hydrogen) atoms. The van der Waals surface area contributed by atoms with Crippen LogP contribution in [0.15, 0.2) is 53.4 Å². The number of hydrogen-bond acceptors (Lipinski definition) is 5. The van der Waals surface area contributed by atoms with E-state index in [1.807, 2.05) is 42.7 Å². The molecule has 0 bridgehead atoms. The Labute approximate surface area is 149 Å². The van der Waals surface area contributed by atoms with Crippen LogP contribution < -0.4 is 5.32 Å². The first-order valence-corrected chi connectivity index (χ1v) is 8.82. The minimum absolute atomic E-state index is 0.154. The number of anilines is 2. The Hall–Kier alpha value is -2.31. The molecule has 0 aliphatic heterocycles. The molecule has 0 spiro atoms. The molecule has 1 heterocycles. The monoisotopic (exact) mass is 358 g/mol. The standard InChI is InChI=1S/C17H15ClN4OS/c1-11(23)16-17(19-13-5-9-15(24-2)10-6-13)22(21-20-16)14-7-3-12(18)4-8-14/h3-10,19H,1-2H3. The molecular formula is C17H15ClN4OS. The highest BCUT2D eigenvalue weighted by molar-refractivity contribution is 7.98. The van der Waals surface area contributed by atoms with Gasteiger partial charge in [-0.05, 0) is 54.8 Å². The highest BCUT2D eigenvalue weighted by Gasteiger charge is 2.18. The first-order valence-electron chi connectivity index (χ1n) is 7.22. The summed E-state index contributed by atoms with van der Waals surface area (Å²) >= 11 is 7.61. The molecule has 3 rings (SSSR count). The van der Waals surface area contributed by atoms with Crippen LogP contribution in [-0.4, -0.2) is 27.0 Å². The van der Waals surface area contributed by atoms with Gasteiger partial charge >= 0.3 is 0 Å². The Balaban J connectivity index is 2.01. The third kappa shape index (κ3) is 3.44. The van der Waals surface area contributed by atoms with Gasteiger partial charge in [0.1, 0.15) is 0 Å². The fourth-order valence-electron chi connectivity index (χ4n) is 2.21. The second-order valence-electron chi connectivity index (χ2n) is 5.08. The maximum Gasteiger partial charge on any atom is 0.183 e. The van der Waals surface area contributed by atoms with Crippen molar-refractivity contribution in [1.82, 2.24) is 15.0 Å². The molecule has 0 aliphatic rings. The second kappa shape index (κ2) is 7.07. The molecule has 5 nitrogen and oxygen atoms in total. The van der Waals surface area contributed by atoms with Crippen LogP contribution in [0, 0.1) is 0 Å². The third-order valence-electron chi connectivity index (χ3n) is 3.43. The SMILES string of the molecule is CSc1ccc(Nc2c(C(C)=O)nnn2-c2ccc(Cl)cc2)cc1. The number of nitrogens with one attached hydrogen (secondary N) is 1. The molecule has 7 heteroatoms. The summed E-state index contributed by atoms with van der Waals surface area (Å²) in [4.78, 5) is 13.0. The highest BCUT2D eigenvalue weighted by Crippen LogP contribution is 2.25. The van der Waals surface area contributed by atoms with Gasteiger partial charge in [0.25, 0.3) is 0 Å². The zero-order valence-corrected chi connectivity index (χ0v) is 14.7. The lowest BCUT2D eigenvalue weighted by Crippen LogP contribution is -2.05. The van der Waals surface area contributed by atoms with Crippen molar-refractivity contribution in [2.45, 2.75) is 11.8 Å². The van der Waals surface area contributed by atoms with Crippen LogP contribution in [0.1, 0.15) is 17.4 Å². The predicted molar refractivity (Wildman–Crippen MR) is 97.9 cm³/mol. The Kier molecular flexibility index (Phi) is 4.87. The number of ketones is 1. The molecule has 1 aromatic heterocycles. The average molecular weight is 359 g/mol. The van der Waals surface area contributed by atoms with Crippen LogP contribution in [0.25, 0.3) is 5.69 Å². The van der Waals surface area contributed by atoms with Crippen molar-refractivity contribution in [2.24, 2.45) is 0 Å². The van der Waals surface area contributed by atoms with Crippen molar-refractivity contribution in [3.05, 3.63) is 59.2 Å². The first-order chi connectivity index (χ1) is 11.6. The maximum absolute atomic E-state index is 11.9. The number of carbonyl (C=O) groups excluding carboxylic acids is 1. The van der Waals surface area contributed by atoms with E-state index < -0.39 is 0 Å². The van der Waals surface area contributed by atoms with Crippen molar-refractivity contribution in [3.8, 4) is 5.69 Å². The highest BCUT2D eigenvalue weighted by atomic mass is 35.5. The number of rotatable bonds is 5. The zero-order chi connectivity index (χ0) is 17.1. The van der Waals surface area contributed by atoms with Crippen LogP contribution in [0.5, 0.6) is 0 Å². The van der Waals surface area contributed by atoms with E-state index in [0.29, 0.717) is 16.5 Å². The van der Waals surface area contributed by atoms with Crippen LogP contribution in [0.3, 0.4) is 0 Å². The first kappa shape index (κ1) is 16.5. The number of benzene rings is 2. The van der Waals surface area contributed by atoms with E-state index in [0.717, 1.165) is 16.3 Å². The van der Waals surface area contributed by atoms with Crippen molar-refractivity contribution in [1.29, 1.82) is 0 Å². The van der Waals surface area contributed by atoms with Crippen molar-refractivity contribution in [3.63, 3.8) is 0 Å². The lowest BCUT2D eigenvalue weighted by atomic mass is 10.2. The Morgan fingerprint density at radius 1 is 1.12 bits per heavy atom. The Bertz CT molecular complexity index is 859. The lowest BCUT2D eigenvalue weighted by Gasteiger charge is -2.10. The maximum atomic E-state index is 11.9. The van der Waals surface area contributed by atoms with Gasteiger partial charge in [0.05, 0.1) is 5.69 Å². The molecule has 0 aliphatic carbocycles. The van der Waals surface area contributed by atoms with Crippen LogP contribution >= 0.6 is 23.4 Å². The summed E-state index contributed by atoms with van der Waals surface area (Å²) < 4.78 is 1.59. The van der Waals surface area contributed by atoms with Crippen molar-refractivity contribution < 1.29 is 4.79 Å². The molecule has 1 N–H and O–H groups in total. The predicted octanol–water partition coefficient (Wildman–Crippen LogP) is 4.59. The summed E-state index contributed by atoms with van der Waals surface area (Å²) in [6.07, 6.45) is 2.02. The minimum Gasteiger partial charge on any atom is -0.338 e. The summed E-state index contributed by atoms with van der Waals surface area (Å²) in [7, 11) is 0. The van der Waals surface area contributed by atoms with Gasteiger partial charge in [-0.15, -0.1) is 16.9 Å². The van der Waals surface area contributed by atoms with E-state index in [9.17, 15) is 4.79 Å². The van der Waals surface area contributed by atoms with E-state index in [1.54, 1.807) is 28.6 Å². The Morgan fingerprint density at radius 3 is 2.38 bits per heavy atom. The molecule has 0 saturated heterocycles. The molecule has 0 fully saturated rings. The summed E-state index contributed by atoms with van der Waals surface area (Å²) in [6.45, 7) is 1.47. The molecule has 0 unspecified atom stereocenters. The van der Waals surface area contributed by atoms with Gasteiger partial charge in [-0.25, -0.2) is 0 Å². The molecule has 0 saturated carbocycles. The number of nitrogens with zero attached hydrogens (tertiary/aromatic N) is 3. The molecule has 3 aromatic rings. The van der Waals surface area contributed by atoms with E-state index in [2.05, 4.69) is 15.6 Å². The van der Waals surface area contributed by atoms with Gasteiger partial charge < -0.3 is 5.32 Å². The number of hydrogen-bond donors (Lipinski definition) is 1. The van der Waals surface area contributed by atoms with Crippen molar-refractivity contribution in [2.75, 3.05) is 11.6 Å². The molecule has 122 valence electrons. The number of carbonyl (C=O) groups is 1. The lowest BCUT2D eigenvalue weighted by molar-refractivity contribution is 0.101. The van der Waals surface area contributed by atoms with E-state index in [4.69, 9.17) is 11.6 Å². The van der Waals surface area contributed by atoms with Gasteiger partial charge in [0.2, 0.25) is 0 Å². The van der Waals surface area contributed by atoms with E-state index >= 15 is 0 Å². The Morgan fingerprint density at radius 2 is 1.79 bits per heavy atom. The number of halogens is 1. The fraction of sp³-hybridized carbons (Fsp3) is 0.118. The van der Waals surface area contributed by atoms with E-state index in [-0.39, 0.29) is 5.78 Å². The third-order valence-corrected chi connectivity index (χ3v) is 4.42. The van der Waals surface area contributed by atoms with E-state index in [1.165, 1.54) is 6.92 Å². The quantitative estimate of drug-likeness (QED) is 0.534. The molecule has 0 amide bonds. The number of Topliss-reactive ketones (excluding diaryl/α,β-unsaturated/α-hetero) is 1. The molecule has 0 atom stereocenters. The molecule has 0 radical (unpaired) electrons. The summed E-state index contributed by atoms with van der Waals surface area (Å²) in [5, 5.41) is 12.0. The van der Waals surface area contributed by atoms with Gasteiger partial charge in [0.15, 0.2) is 17.3 Å². The second-order valence-corrected chi connectivity index (χ2v) is 6.40. The minimum atomic E-state index is -0.154.